The smallest absolute Gasteiger partial charge is 0.292 e. The highest BCUT2D eigenvalue weighted by Crippen LogP contribution is 2.25. The molecule has 0 saturated heterocycles. The third-order valence-corrected chi connectivity index (χ3v) is 5.77. The fraction of sp³-hybridized carbons (Fsp3) is 0.200. The number of amides is 1. The summed E-state index contributed by atoms with van der Waals surface area (Å²) in [7, 11) is 0. The summed E-state index contributed by atoms with van der Waals surface area (Å²) in [6.45, 7) is 4.48. The van der Waals surface area contributed by atoms with E-state index in [0.717, 1.165) is 0 Å². The molecule has 0 aliphatic heterocycles. The normalized spacial score (nSPS) is 11.1. The molecule has 2 aromatic heterocycles. The molecule has 2 heterocycles. The lowest BCUT2D eigenvalue weighted by molar-refractivity contribution is 0.0992. The van der Waals surface area contributed by atoms with Gasteiger partial charge in [-0.1, -0.05) is 55.2 Å². The standard InChI is InChI=1S/C25H22Cl2FN3O3/c1-15(2)16-6-8-17(9-7-16)33-14-18-10-11-23(34-18)25(32)29-24-21(27)13-31(30-24)12-19-20(26)4-3-5-22(19)28/h3-11,13,15H,12,14H2,1-2H3,(H,29,30,32). The molecule has 0 bridgehead atoms. The second kappa shape index (κ2) is 10.3. The SMILES string of the molecule is CC(C)c1ccc(OCc2ccc(C(=O)Nc3nn(Cc4c(F)cccc4Cl)cc3Cl)o2)cc1. The monoisotopic (exact) mass is 501 g/mol. The molecule has 0 radical (unpaired) electrons. The number of hydrogen-bond donors (Lipinski definition) is 1. The predicted octanol–water partition coefficient (Wildman–Crippen LogP) is 6.93. The Labute approximate surface area is 206 Å². The summed E-state index contributed by atoms with van der Waals surface area (Å²) < 4.78 is 26.8. The summed E-state index contributed by atoms with van der Waals surface area (Å²) >= 11 is 12.3. The summed E-state index contributed by atoms with van der Waals surface area (Å²) in [6.07, 6.45) is 1.48. The fourth-order valence-electron chi connectivity index (χ4n) is 3.26. The number of halogens is 3. The number of furan rings is 1. The van der Waals surface area contributed by atoms with Crippen LogP contribution in [0.3, 0.4) is 0 Å². The highest BCUT2D eigenvalue weighted by molar-refractivity contribution is 6.33. The molecule has 0 fully saturated rings. The summed E-state index contributed by atoms with van der Waals surface area (Å²) in [5.74, 6) is 0.866. The van der Waals surface area contributed by atoms with E-state index in [9.17, 15) is 9.18 Å². The van der Waals surface area contributed by atoms with Crippen LogP contribution in [0.2, 0.25) is 10.0 Å². The van der Waals surface area contributed by atoms with Crippen molar-refractivity contribution in [1.29, 1.82) is 0 Å². The van der Waals surface area contributed by atoms with E-state index in [2.05, 4.69) is 24.3 Å². The Morgan fingerprint density at radius 2 is 1.88 bits per heavy atom. The van der Waals surface area contributed by atoms with Crippen LogP contribution >= 0.6 is 23.2 Å². The van der Waals surface area contributed by atoms with Crippen LogP contribution in [0.15, 0.2) is 65.2 Å². The third-order valence-electron chi connectivity index (χ3n) is 5.14. The van der Waals surface area contributed by atoms with E-state index in [1.165, 1.54) is 28.6 Å². The second-order valence-electron chi connectivity index (χ2n) is 7.96. The Balaban J connectivity index is 1.37. The molecule has 4 rings (SSSR count). The first-order chi connectivity index (χ1) is 16.3. The van der Waals surface area contributed by atoms with E-state index in [1.807, 2.05) is 24.3 Å². The van der Waals surface area contributed by atoms with Crippen molar-refractivity contribution in [3.63, 3.8) is 0 Å². The topological polar surface area (TPSA) is 69.3 Å². The first-order valence-electron chi connectivity index (χ1n) is 10.6. The quantitative estimate of drug-likeness (QED) is 0.284. The number of hydrogen-bond acceptors (Lipinski definition) is 4. The molecule has 1 N–H and O–H groups in total. The van der Waals surface area contributed by atoms with Crippen LogP contribution in [0.1, 0.15) is 47.2 Å². The molecule has 0 aliphatic rings. The van der Waals surface area contributed by atoms with E-state index < -0.39 is 11.7 Å². The van der Waals surface area contributed by atoms with Gasteiger partial charge in [-0.05, 0) is 47.9 Å². The maximum absolute atomic E-state index is 14.0. The maximum atomic E-state index is 14.0. The molecule has 0 unspecified atom stereocenters. The van der Waals surface area contributed by atoms with E-state index >= 15 is 0 Å². The molecule has 0 atom stereocenters. The molecule has 6 nitrogen and oxygen atoms in total. The van der Waals surface area contributed by atoms with Crippen LogP contribution < -0.4 is 10.1 Å². The van der Waals surface area contributed by atoms with Crippen molar-refractivity contribution in [2.24, 2.45) is 0 Å². The van der Waals surface area contributed by atoms with Crippen LogP contribution in [-0.2, 0) is 13.2 Å². The van der Waals surface area contributed by atoms with Crippen LogP contribution in [0.5, 0.6) is 5.75 Å². The summed E-state index contributed by atoms with van der Waals surface area (Å²) in [5.41, 5.74) is 1.50. The van der Waals surface area contributed by atoms with Crippen molar-refractivity contribution in [2.45, 2.75) is 32.9 Å². The molecule has 4 aromatic rings. The van der Waals surface area contributed by atoms with Gasteiger partial charge in [0.05, 0.1) is 6.54 Å². The van der Waals surface area contributed by atoms with Crippen molar-refractivity contribution in [3.8, 4) is 5.75 Å². The zero-order valence-electron chi connectivity index (χ0n) is 18.5. The van der Waals surface area contributed by atoms with Gasteiger partial charge < -0.3 is 14.5 Å². The molecule has 0 aliphatic carbocycles. The van der Waals surface area contributed by atoms with E-state index in [1.54, 1.807) is 18.2 Å². The Bertz CT molecular complexity index is 1280. The van der Waals surface area contributed by atoms with Crippen LogP contribution in [0, 0.1) is 5.82 Å². The van der Waals surface area contributed by atoms with Gasteiger partial charge in [0.2, 0.25) is 0 Å². The molecule has 2 aromatic carbocycles. The number of ether oxygens (including phenoxy) is 1. The van der Waals surface area contributed by atoms with Gasteiger partial charge in [0.1, 0.15) is 29.0 Å². The fourth-order valence-corrected chi connectivity index (χ4v) is 3.68. The largest absolute Gasteiger partial charge is 0.486 e. The molecular formula is C25H22Cl2FN3O3. The summed E-state index contributed by atoms with van der Waals surface area (Å²) in [5, 5.41) is 7.29. The molecule has 9 heteroatoms. The van der Waals surface area contributed by atoms with Crippen molar-refractivity contribution < 1.29 is 18.3 Å². The third kappa shape index (κ3) is 5.61. The Kier molecular flexibility index (Phi) is 7.24. The van der Waals surface area contributed by atoms with Gasteiger partial charge >= 0.3 is 0 Å². The number of rotatable bonds is 8. The molecular weight excluding hydrogens is 480 g/mol. The van der Waals surface area contributed by atoms with Crippen molar-refractivity contribution in [1.82, 2.24) is 9.78 Å². The predicted molar refractivity (Wildman–Crippen MR) is 129 cm³/mol. The van der Waals surface area contributed by atoms with Gasteiger partial charge in [0.15, 0.2) is 11.6 Å². The Hall–Kier alpha value is -3.29. The average Bonchev–Trinajstić information content (AvgIpc) is 3.42. The van der Waals surface area contributed by atoms with Gasteiger partial charge in [-0.25, -0.2) is 4.39 Å². The molecule has 0 saturated carbocycles. The lowest BCUT2D eigenvalue weighted by Crippen LogP contribution is -2.12. The van der Waals surface area contributed by atoms with Gasteiger partial charge in [-0.15, -0.1) is 0 Å². The lowest BCUT2D eigenvalue weighted by Gasteiger charge is -2.08. The van der Waals surface area contributed by atoms with E-state index in [4.69, 9.17) is 32.4 Å². The van der Waals surface area contributed by atoms with Crippen molar-refractivity contribution >= 4 is 34.9 Å². The van der Waals surface area contributed by atoms with Crippen molar-refractivity contribution in [3.05, 3.63) is 99.3 Å². The highest BCUT2D eigenvalue weighted by atomic mass is 35.5. The summed E-state index contributed by atoms with van der Waals surface area (Å²) in [4.78, 5) is 12.6. The molecule has 176 valence electrons. The number of carbonyl (C=O) groups excluding carboxylic acids is 1. The average molecular weight is 502 g/mol. The minimum Gasteiger partial charge on any atom is -0.486 e. The van der Waals surface area contributed by atoms with E-state index in [-0.39, 0.29) is 40.3 Å². The molecule has 0 spiro atoms. The number of nitrogens with zero attached hydrogens (tertiary/aromatic N) is 2. The minimum absolute atomic E-state index is 0.0570. The number of nitrogens with one attached hydrogen (secondary N) is 1. The molecule has 34 heavy (non-hydrogen) atoms. The van der Waals surface area contributed by atoms with Crippen LogP contribution in [0.25, 0.3) is 0 Å². The van der Waals surface area contributed by atoms with Crippen LogP contribution in [-0.4, -0.2) is 15.7 Å². The number of anilines is 1. The highest BCUT2D eigenvalue weighted by Gasteiger charge is 2.17. The van der Waals surface area contributed by atoms with Gasteiger partial charge in [-0.2, -0.15) is 5.10 Å². The zero-order chi connectivity index (χ0) is 24.2. The zero-order valence-corrected chi connectivity index (χ0v) is 20.0. The second-order valence-corrected chi connectivity index (χ2v) is 8.77. The first-order valence-corrected chi connectivity index (χ1v) is 11.3. The number of carbonyl (C=O) groups is 1. The first kappa shape index (κ1) is 23.9. The Morgan fingerprint density at radius 1 is 1.12 bits per heavy atom. The van der Waals surface area contributed by atoms with Gasteiger partial charge in [-0.3, -0.25) is 9.48 Å². The number of benzene rings is 2. The maximum Gasteiger partial charge on any atom is 0.292 e. The molecule has 1 amide bonds. The minimum atomic E-state index is -0.524. The van der Waals surface area contributed by atoms with Gasteiger partial charge in [0, 0.05) is 16.8 Å². The van der Waals surface area contributed by atoms with Gasteiger partial charge in [0.25, 0.3) is 5.91 Å². The summed E-state index contributed by atoms with van der Waals surface area (Å²) in [6, 6.07) is 15.5. The van der Waals surface area contributed by atoms with E-state index in [0.29, 0.717) is 17.4 Å². The lowest BCUT2D eigenvalue weighted by atomic mass is 10.0. The van der Waals surface area contributed by atoms with Crippen LogP contribution in [0.4, 0.5) is 10.2 Å². The van der Waals surface area contributed by atoms with Crippen molar-refractivity contribution in [2.75, 3.05) is 5.32 Å². The Morgan fingerprint density at radius 3 is 2.59 bits per heavy atom. The number of aromatic nitrogens is 2.